The van der Waals surface area contributed by atoms with Crippen molar-refractivity contribution in [2.24, 2.45) is 0 Å². The summed E-state index contributed by atoms with van der Waals surface area (Å²) in [6.07, 6.45) is 2.60. The minimum absolute atomic E-state index is 0.0997. The van der Waals surface area contributed by atoms with E-state index in [-0.39, 0.29) is 11.7 Å². The van der Waals surface area contributed by atoms with Crippen molar-refractivity contribution in [2.75, 3.05) is 11.9 Å². The van der Waals surface area contributed by atoms with E-state index in [0.29, 0.717) is 12.6 Å². The summed E-state index contributed by atoms with van der Waals surface area (Å²) in [5, 5.41) is 3.31. The Morgan fingerprint density at radius 1 is 1.10 bits per heavy atom. The van der Waals surface area contributed by atoms with Crippen molar-refractivity contribution in [1.29, 1.82) is 0 Å². The largest absolute Gasteiger partial charge is 0.490 e. The molecular formula is C18H17NO2. The van der Waals surface area contributed by atoms with Crippen molar-refractivity contribution >= 4 is 11.5 Å². The molecule has 1 aliphatic heterocycles. The molecule has 0 spiro atoms. The number of anilines is 1. The second-order valence-electron chi connectivity index (χ2n) is 5.73. The van der Waals surface area contributed by atoms with Crippen molar-refractivity contribution in [3.05, 3.63) is 59.7 Å². The molecule has 1 atom stereocenters. The summed E-state index contributed by atoms with van der Waals surface area (Å²) in [4.78, 5) is 12.8. The Labute approximate surface area is 123 Å². The Balaban J connectivity index is 1.60. The molecule has 2 aliphatic rings. The monoisotopic (exact) mass is 279 g/mol. The van der Waals surface area contributed by atoms with Crippen LogP contribution in [0.4, 0.5) is 5.69 Å². The van der Waals surface area contributed by atoms with Crippen LogP contribution in [0.3, 0.4) is 0 Å². The number of nitrogens with one attached hydrogen (secondary N) is 1. The van der Waals surface area contributed by atoms with E-state index in [1.165, 1.54) is 0 Å². The van der Waals surface area contributed by atoms with E-state index in [9.17, 15) is 4.79 Å². The van der Waals surface area contributed by atoms with E-state index in [1.54, 1.807) is 0 Å². The average Bonchev–Trinajstić information content (AvgIpc) is 3.23. The molecule has 0 amide bonds. The van der Waals surface area contributed by atoms with Gasteiger partial charge in [-0.05, 0) is 36.6 Å². The Bertz CT molecular complexity index is 691. The fourth-order valence-corrected chi connectivity index (χ4v) is 2.82. The number of ether oxygens (including phenoxy) is 1. The summed E-state index contributed by atoms with van der Waals surface area (Å²) < 4.78 is 5.78. The van der Waals surface area contributed by atoms with Crippen molar-refractivity contribution in [3.63, 3.8) is 0 Å². The number of hydrogen-bond donors (Lipinski definition) is 1. The van der Waals surface area contributed by atoms with Gasteiger partial charge in [0, 0.05) is 17.8 Å². The van der Waals surface area contributed by atoms with Crippen molar-refractivity contribution < 1.29 is 9.53 Å². The molecule has 21 heavy (non-hydrogen) atoms. The number of benzene rings is 2. The molecule has 4 rings (SSSR count). The molecule has 1 saturated carbocycles. The summed E-state index contributed by atoms with van der Waals surface area (Å²) in [6.45, 7) is 0.673. The highest BCUT2D eigenvalue weighted by Gasteiger charge is 2.29. The number of fused-ring (bicyclic) bond motifs is 1. The van der Waals surface area contributed by atoms with E-state index in [2.05, 4.69) is 5.32 Å². The van der Waals surface area contributed by atoms with Crippen LogP contribution in [0.15, 0.2) is 48.5 Å². The van der Waals surface area contributed by atoms with Crippen molar-refractivity contribution in [1.82, 2.24) is 0 Å². The lowest BCUT2D eigenvalue weighted by molar-refractivity contribution is 0.0966. The maximum absolute atomic E-state index is 12.8. The van der Waals surface area contributed by atoms with Crippen LogP contribution in [0, 0.1) is 0 Å². The van der Waals surface area contributed by atoms with Crippen LogP contribution in [0.5, 0.6) is 5.75 Å². The highest BCUT2D eigenvalue weighted by atomic mass is 16.5. The fourth-order valence-electron chi connectivity index (χ4n) is 2.82. The third-order valence-electron chi connectivity index (χ3n) is 4.10. The third kappa shape index (κ3) is 2.40. The number of hydrogen-bond acceptors (Lipinski definition) is 3. The summed E-state index contributed by atoms with van der Waals surface area (Å²) in [7, 11) is 0. The summed E-state index contributed by atoms with van der Waals surface area (Å²) >= 11 is 0. The highest BCUT2D eigenvalue weighted by molar-refractivity contribution is 6.03. The topological polar surface area (TPSA) is 38.3 Å². The maximum Gasteiger partial charge on any atom is 0.172 e. The Morgan fingerprint density at radius 2 is 1.95 bits per heavy atom. The molecule has 0 radical (unpaired) electrons. The Kier molecular flexibility index (Phi) is 2.92. The number of rotatable bonds is 4. The second kappa shape index (κ2) is 4.92. The highest BCUT2D eigenvalue weighted by Crippen LogP contribution is 2.34. The van der Waals surface area contributed by atoms with Crippen LogP contribution in [0.1, 0.15) is 34.7 Å². The first-order valence-electron chi connectivity index (χ1n) is 7.45. The minimum Gasteiger partial charge on any atom is -0.490 e. The van der Waals surface area contributed by atoms with E-state index < -0.39 is 0 Å². The van der Waals surface area contributed by atoms with Crippen LogP contribution in [-0.4, -0.2) is 18.4 Å². The van der Waals surface area contributed by atoms with E-state index in [1.807, 2.05) is 48.5 Å². The van der Waals surface area contributed by atoms with Gasteiger partial charge in [-0.3, -0.25) is 4.79 Å². The van der Waals surface area contributed by atoms with Gasteiger partial charge in [0.2, 0.25) is 0 Å². The van der Waals surface area contributed by atoms with E-state index in [4.69, 9.17) is 4.74 Å². The number of carbonyl (C=O) groups excluding carboxylic acids is 1. The quantitative estimate of drug-likeness (QED) is 0.869. The summed E-state index contributed by atoms with van der Waals surface area (Å²) in [6, 6.07) is 15.6. The van der Waals surface area contributed by atoms with Crippen LogP contribution in [-0.2, 0) is 0 Å². The normalized spacial score (nSPS) is 19.7. The molecule has 2 aromatic carbocycles. The van der Waals surface area contributed by atoms with Crippen LogP contribution in [0.2, 0.25) is 0 Å². The number of Topliss-reactive ketones (excluding diaryl/α,β-unsaturated/α-hetero) is 1. The molecular weight excluding hydrogens is 262 g/mol. The van der Waals surface area contributed by atoms with Gasteiger partial charge in [-0.1, -0.05) is 30.3 Å². The molecule has 0 bridgehead atoms. The summed E-state index contributed by atoms with van der Waals surface area (Å²) in [5.41, 5.74) is 2.90. The lowest BCUT2D eigenvalue weighted by atomic mass is 9.92. The van der Waals surface area contributed by atoms with Gasteiger partial charge in [0.1, 0.15) is 5.75 Å². The first-order valence-corrected chi connectivity index (χ1v) is 7.45. The van der Waals surface area contributed by atoms with Gasteiger partial charge in [-0.15, -0.1) is 0 Å². The second-order valence-corrected chi connectivity index (χ2v) is 5.73. The predicted molar refractivity (Wildman–Crippen MR) is 82.1 cm³/mol. The number of ketones is 1. The lowest BCUT2D eigenvalue weighted by Gasteiger charge is -2.11. The molecule has 1 fully saturated rings. The zero-order valence-electron chi connectivity index (χ0n) is 11.7. The lowest BCUT2D eigenvalue weighted by Crippen LogP contribution is -2.15. The first kappa shape index (κ1) is 12.5. The standard InChI is InChI=1S/C18H17NO2/c20-18(16-11-19-17-7-2-1-6-15(16)17)12-4-3-5-14(10-12)21-13-8-9-13/h1-7,10,13,16,19H,8-9,11H2. The minimum atomic E-state index is -0.0997. The van der Waals surface area contributed by atoms with Gasteiger partial charge in [0.25, 0.3) is 0 Å². The zero-order chi connectivity index (χ0) is 14.2. The smallest absolute Gasteiger partial charge is 0.172 e. The zero-order valence-corrected chi connectivity index (χ0v) is 11.7. The number of carbonyl (C=O) groups is 1. The van der Waals surface area contributed by atoms with Gasteiger partial charge in [-0.2, -0.15) is 0 Å². The van der Waals surface area contributed by atoms with Gasteiger partial charge in [0.15, 0.2) is 5.78 Å². The predicted octanol–water partition coefficient (Wildman–Crippen LogP) is 3.62. The van der Waals surface area contributed by atoms with Gasteiger partial charge < -0.3 is 10.1 Å². The molecule has 1 N–H and O–H groups in total. The Morgan fingerprint density at radius 3 is 2.81 bits per heavy atom. The van der Waals surface area contributed by atoms with Crippen molar-refractivity contribution in [3.8, 4) is 5.75 Å². The molecule has 0 aromatic heterocycles. The van der Waals surface area contributed by atoms with Gasteiger partial charge in [0.05, 0.1) is 12.0 Å². The molecule has 0 saturated heterocycles. The van der Waals surface area contributed by atoms with Crippen LogP contribution < -0.4 is 10.1 Å². The Hall–Kier alpha value is -2.29. The average molecular weight is 279 g/mol. The fraction of sp³-hybridized carbons (Fsp3) is 0.278. The van der Waals surface area contributed by atoms with Gasteiger partial charge >= 0.3 is 0 Å². The third-order valence-corrected chi connectivity index (χ3v) is 4.10. The molecule has 1 aliphatic carbocycles. The molecule has 1 heterocycles. The summed E-state index contributed by atoms with van der Waals surface area (Å²) in [5.74, 6) is 0.869. The number of para-hydroxylation sites is 1. The molecule has 106 valence electrons. The molecule has 1 unspecified atom stereocenters. The van der Waals surface area contributed by atoms with Gasteiger partial charge in [-0.25, -0.2) is 0 Å². The molecule has 2 aromatic rings. The SMILES string of the molecule is O=C(c1cccc(OC2CC2)c1)C1CNc2ccccc21. The molecule has 3 nitrogen and oxygen atoms in total. The van der Waals surface area contributed by atoms with E-state index in [0.717, 1.165) is 35.4 Å². The maximum atomic E-state index is 12.8. The molecule has 3 heteroatoms. The van der Waals surface area contributed by atoms with E-state index >= 15 is 0 Å². The first-order chi connectivity index (χ1) is 10.3. The van der Waals surface area contributed by atoms with Crippen molar-refractivity contribution in [2.45, 2.75) is 24.9 Å². The van der Waals surface area contributed by atoms with Crippen LogP contribution in [0.25, 0.3) is 0 Å². The van der Waals surface area contributed by atoms with Crippen LogP contribution >= 0.6 is 0 Å².